The molecule has 5 aliphatic heterocycles. The molecule has 6 aliphatic rings. The molecule has 2 saturated heterocycles. The largest absolute Gasteiger partial charge is 0.358 e. The van der Waals surface area contributed by atoms with Gasteiger partial charge in [0.1, 0.15) is 5.82 Å². The van der Waals surface area contributed by atoms with Gasteiger partial charge in [0.25, 0.3) is 0 Å². The summed E-state index contributed by atoms with van der Waals surface area (Å²) in [5, 5.41) is 4.15. The molecule has 0 radical (unpaired) electrons. The Bertz CT molecular complexity index is 1060. The average Bonchev–Trinajstić information content (AvgIpc) is 3.72. The fourth-order valence-electron chi connectivity index (χ4n) is 6.70. The SMILES string of the molecule is CC1=NCC2CCCN12.CC1=NCCC2CCCN12.Cc1cnc2n1CCC2.Cn1ncc2c1CCC2. The van der Waals surface area contributed by atoms with Gasteiger partial charge >= 0.3 is 0 Å². The van der Waals surface area contributed by atoms with Gasteiger partial charge in [-0.15, -0.1) is 0 Å². The molecule has 0 amide bonds. The van der Waals surface area contributed by atoms with Crippen molar-refractivity contribution >= 4 is 11.7 Å². The van der Waals surface area contributed by atoms with Crippen molar-refractivity contribution in [2.45, 2.75) is 104 Å². The molecule has 0 N–H and O–H groups in total. The topological polar surface area (TPSA) is 66.8 Å². The average molecular weight is 507 g/mol. The Morgan fingerprint density at radius 1 is 0.757 bits per heavy atom. The zero-order valence-corrected chi connectivity index (χ0v) is 23.5. The summed E-state index contributed by atoms with van der Waals surface area (Å²) in [6, 6.07) is 1.63. The molecule has 2 aromatic heterocycles. The number of imidazole rings is 1. The van der Waals surface area contributed by atoms with Crippen LogP contribution in [0.1, 0.15) is 81.6 Å². The lowest BCUT2D eigenvalue weighted by Crippen LogP contribution is -2.37. The normalized spacial score (nSPS) is 24.4. The summed E-state index contributed by atoms with van der Waals surface area (Å²) in [6.07, 6.45) is 17.0. The van der Waals surface area contributed by atoms with Gasteiger partial charge in [-0.25, -0.2) is 4.98 Å². The van der Waals surface area contributed by atoms with Gasteiger partial charge in [-0.05, 0) is 84.1 Å². The van der Waals surface area contributed by atoms with Crippen LogP contribution in [0.15, 0.2) is 22.4 Å². The van der Waals surface area contributed by atoms with E-state index in [-0.39, 0.29) is 0 Å². The maximum atomic E-state index is 4.42. The van der Waals surface area contributed by atoms with Crippen molar-refractivity contribution in [1.29, 1.82) is 0 Å². The molecule has 0 saturated carbocycles. The van der Waals surface area contributed by atoms with Gasteiger partial charge in [-0.2, -0.15) is 5.10 Å². The minimum absolute atomic E-state index is 0.782. The van der Waals surface area contributed by atoms with Crippen molar-refractivity contribution in [1.82, 2.24) is 29.1 Å². The smallest absolute Gasteiger partial charge is 0.108 e. The zero-order valence-electron chi connectivity index (χ0n) is 23.5. The molecule has 8 heteroatoms. The van der Waals surface area contributed by atoms with Gasteiger partial charge in [0.05, 0.1) is 24.4 Å². The van der Waals surface area contributed by atoms with E-state index in [2.05, 4.69) is 55.2 Å². The number of amidine groups is 2. The summed E-state index contributed by atoms with van der Waals surface area (Å²) in [6.45, 7) is 12.2. The van der Waals surface area contributed by atoms with Crippen LogP contribution in [0, 0.1) is 6.92 Å². The highest BCUT2D eigenvalue weighted by atomic mass is 15.3. The Balaban J connectivity index is 0.000000101. The lowest BCUT2D eigenvalue weighted by atomic mass is 10.1. The first-order valence-corrected chi connectivity index (χ1v) is 14.6. The van der Waals surface area contributed by atoms with E-state index in [1.54, 1.807) is 0 Å². The molecule has 7 heterocycles. The van der Waals surface area contributed by atoms with Crippen LogP contribution in [0.5, 0.6) is 0 Å². The van der Waals surface area contributed by atoms with Gasteiger partial charge in [-0.3, -0.25) is 14.7 Å². The second-order valence-electron chi connectivity index (χ2n) is 11.2. The second kappa shape index (κ2) is 11.8. The molecule has 2 aromatic rings. The van der Waals surface area contributed by atoms with Crippen LogP contribution in [0.3, 0.4) is 0 Å². The lowest BCUT2D eigenvalue weighted by Gasteiger charge is -2.29. The van der Waals surface area contributed by atoms with Crippen molar-refractivity contribution in [2.24, 2.45) is 17.0 Å². The summed E-state index contributed by atoms with van der Waals surface area (Å²) in [4.78, 5) is 17.9. The molecule has 2 atom stereocenters. The van der Waals surface area contributed by atoms with Gasteiger partial charge in [0.15, 0.2) is 0 Å². The van der Waals surface area contributed by atoms with Crippen molar-refractivity contribution in [3.8, 4) is 0 Å². The van der Waals surface area contributed by atoms with E-state index >= 15 is 0 Å². The second-order valence-corrected chi connectivity index (χ2v) is 11.2. The van der Waals surface area contributed by atoms with Crippen molar-refractivity contribution in [3.05, 3.63) is 35.2 Å². The van der Waals surface area contributed by atoms with Crippen LogP contribution in [0.25, 0.3) is 0 Å². The number of fused-ring (bicyclic) bond motifs is 4. The van der Waals surface area contributed by atoms with E-state index in [9.17, 15) is 0 Å². The van der Waals surface area contributed by atoms with Crippen molar-refractivity contribution in [3.63, 3.8) is 0 Å². The summed E-state index contributed by atoms with van der Waals surface area (Å²) in [5.74, 6) is 3.80. The maximum absolute atomic E-state index is 4.42. The third-order valence-corrected chi connectivity index (χ3v) is 8.85. The summed E-state index contributed by atoms with van der Waals surface area (Å²) in [5.41, 5.74) is 4.20. The monoisotopic (exact) mass is 506 g/mol. The Labute approximate surface area is 222 Å². The Hall–Kier alpha value is -2.64. The molecule has 202 valence electrons. The molecule has 0 spiro atoms. The maximum Gasteiger partial charge on any atom is 0.108 e. The third-order valence-electron chi connectivity index (χ3n) is 8.85. The number of rotatable bonds is 0. The van der Waals surface area contributed by atoms with Crippen molar-refractivity contribution in [2.75, 3.05) is 26.2 Å². The van der Waals surface area contributed by atoms with E-state index in [1.165, 1.54) is 118 Å². The number of hydrogen-bond donors (Lipinski definition) is 0. The molecular weight excluding hydrogens is 460 g/mol. The van der Waals surface area contributed by atoms with Gasteiger partial charge < -0.3 is 14.4 Å². The summed E-state index contributed by atoms with van der Waals surface area (Å²) < 4.78 is 4.28. The highest BCUT2D eigenvalue weighted by Crippen LogP contribution is 2.24. The molecule has 37 heavy (non-hydrogen) atoms. The number of hydrogen-bond acceptors (Lipinski definition) is 6. The molecule has 1 aliphatic carbocycles. The van der Waals surface area contributed by atoms with E-state index in [0.717, 1.165) is 25.2 Å². The summed E-state index contributed by atoms with van der Waals surface area (Å²) >= 11 is 0. The predicted molar refractivity (Wildman–Crippen MR) is 151 cm³/mol. The molecular formula is C29H46N8. The number of nitrogens with zero attached hydrogens (tertiary/aromatic N) is 8. The highest BCUT2D eigenvalue weighted by molar-refractivity contribution is 5.82. The van der Waals surface area contributed by atoms with Gasteiger partial charge in [-0.1, -0.05) is 0 Å². The van der Waals surface area contributed by atoms with Crippen LogP contribution in [0.2, 0.25) is 0 Å². The van der Waals surface area contributed by atoms with E-state index in [0.29, 0.717) is 0 Å². The fraction of sp³-hybridized carbons (Fsp3) is 0.724. The zero-order chi connectivity index (χ0) is 25.8. The number of aryl methyl sites for hydroxylation is 4. The van der Waals surface area contributed by atoms with E-state index < -0.39 is 0 Å². The predicted octanol–water partition coefficient (Wildman–Crippen LogP) is 4.20. The van der Waals surface area contributed by atoms with Crippen molar-refractivity contribution < 1.29 is 0 Å². The number of aromatic nitrogens is 4. The minimum atomic E-state index is 0.782. The first kappa shape index (κ1) is 26.0. The molecule has 2 fully saturated rings. The van der Waals surface area contributed by atoms with Gasteiger partial charge in [0, 0.05) is 69.3 Å². The Morgan fingerprint density at radius 2 is 1.51 bits per heavy atom. The number of aliphatic imine (C=N–C) groups is 2. The van der Waals surface area contributed by atoms with E-state index in [4.69, 9.17) is 0 Å². The Morgan fingerprint density at radius 3 is 2.24 bits per heavy atom. The minimum Gasteiger partial charge on any atom is -0.358 e. The first-order valence-electron chi connectivity index (χ1n) is 14.6. The van der Waals surface area contributed by atoms with Crippen LogP contribution >= 0.6 is 0 Å². The van der Waals surface area contributed by atoms with Crippen LogP contribution in [-0.4, -0.2) is 79.1 Å². The molecule has 8 nitrogen and oxygen atoms in total. The third kappa shape index (κ3) is 5.93. The Kier molecular flexibility index (Phi) is 8.30. The van der Waals surface area contributed by atoms with Gasteiger partial charge in [0.2, 0.25) is 0 Å². The quantitative estimate of drug-likeness (QED) is 0.537. The molecule has 2 unspecified atom stereocenters. The highest BCUT2D eigenvalue weighted by Gasteiger charge is 2.29. The van der Waals surface area contributed by atoms with Crippen LogP contribution in [-0.2, 0) is 32.9 Å². The summed E-state index contributed by atoms with van der Waals surface area (Å²) in [7, 11) is 2.02. The van der Waals surface area contributed by atoms with Crippen LogP contribution in [0.4, 0.5) is 0 Å². The van der Waals surface area contributed by atoms with Crippen LogP contribution < -0.4 is 0 Å². The van der Waals surface area contributed by atoms with E-state index in [1.807, 2.05) is 24.1 Å². The molecule has 8 rings (SSSR count). The fourth-order valence-corrected chi connectivity index (χ4v) is 6.70. The first-order chi connectivity index (χ1) is 18.0. The molecule has 0 bridgehead atoms. The lowest BCUT2D eigenvalue weighted by molar-refractivity contribution is 0.351. The standard InChI is InChI=1S/C8H14N2.C7H10N2.C7H12N2.C7H10N2/c1-7-9-5-4-8-3-2-6-10(7)8;1-9-7-4-2-3-6(7)5-8-9;1-6-8-5-7-3-2-4-9(6)7;1-6-5-8-7-3-2-4-9(6)7/h8H,2-6H2,1H3;5H,2-4H2,1H3;7H,2-5H2,1H3;5H,2-4H2,1H3. The molecule has 0 aromatic carbocycles.